The molecule has 5 rings (SSSR count). The van der Waals surface area contributed by atoms with Gasteiger partial charge in [0.25, 0.3) is 0 Å². The maximum Gasteiger partial charge on any atom is 1.00 e. The van der Waals surface area contributed by atoms with Crippen LogP contribution < -0.4 is 40.0 Å². The summed E-state index contributed by atoms with van der Waals surface area (Å²) in [5.41, 5.74) is 5.73. The normalized spacial score (nSPS) is 13.3. The minimum Gasteiger partial charge on any atom is -0.549 e. The summed E-state index contributed by atoms with van der Waals surface area (Å²) in [6.45, 7) is 4.00. The van der Waals surface area contributed by atoms with Gasteiger partial charge in [0.15, 0.2) is 0 Å². The Balaban J connectivity index is 0.00000336. The Labute approximate surface area is 252 Å². The van der Waals surface area contributed by atoms with Crippen LogP contribution in [-0.2, 0) is 21.6 Å². The maximum absolute atomic E-state index is 12.5. The predicted octanol–water partition coefficient (Wildman–Crippen LogP) is 3.28. The fourth-order valence-corrected chi connectivity index (χ4v) is 5.59. The molecule has 3 aromatic carbocycles. The number of carbonyl (C=O) groups excluding carboxylic acids is 2. The van der Waals surface area contributed by atoms with Gasteiger partial charge in [-0.2, -0.15) is 4.37 Å². The van der Waals surface area contributed by atoms with E-state index in [9.17, 15) is 14.7 Å². The molecule has 9 heteroatoms. The number of carboxylic acids is 1. The largest absolute Gasteiger partial charge is 1.00 e. The average Bonchev–Trinajstić information content (AvgIpc) is 3.62. The average molecular weight is 555 g/mol. The summed E-state index contributed by atoms with van der Waals surface area (Å²) in [5.74, 6) is -1.07. The van der Waals surface area contributed by atoms with Crippen molar-refractivity contribution in [2.75, 3.05) is 5.32 Å². The fourth-order valence-electron chi connectivity index (χ4n) is 4.37. The van der Waals surface area contributed by atoms with Crippen molar-refractivity contribution in [3.8, 4) is 21.6 Å². The molecule has 1 amide bonds. The molecule has 6 nitrogen and oxygen atoms in total. The summed E-state index contributed by atoms with van der Waals surface area (Å²) in [5, 5.41) is 14.8. The first-order valence-corrected chi connectivity index (χ1v) is 13.0. The number of anilines is 1. The standard InChI is InChI=1S/C29H25ClN2O4S.Na/c1-17-5-3-4-6-22(17)16-36-28(35)31-25-18(2)32-37-26(25)20-9-7-19(8-10-20)21-11-12-23(24(30)15-21)29(13-14-29)27(33)34;/h3-12,15H,13-14,16H2,1-2H3,(H,31,35)(H,33,34);/q;+1/p-1. The number of carboxylic acid groups (broad SMARTS) is 1. The van der Waals surface area contributed by atoms with Gasteiger partial charge in [-0.1, -0.05) is 72.3 Å². The van der Waals surface area contributed by atoms with Gasteiger partial charge in [0.05, 0.1) is 22.2 Å². The quantitative estimate of drug-likeness (QED) is 0.354. The van der Waals surface area contributed by atoms with E-state index in [4.69, 9.17) is 16.3 Å². The second kappa shape index (κ2) is 11.6. The topological polar surface area (TPSA) is 91.3 Å². The van der Waals surface area contributed by atoms with Gasteiger partial charge < -0.3 is 14.6 Å². The van der Waals surface area contributed by atoms with Crippen LogP contribution >= 0.6 is 23.1 Å². The van der Waals surface area contributed by atoms with Gasteiger partial charge in [0, 0.05) is 10.4 Å². The molecule has 1 aromatic heterocycles. The number of amides is 1. The number of carbonyl (C=O) groups is 2. The van der Waals surface area contributed by atoms with Crippen LogP contribution in [0.25, 0.3) is 21.6 Å². The first-order valence-electron chi connectivity index (χ1n) is 11.9. The smallest absolute Gasteiger partial charge is 0.549 e. The minimum absolute atomic E-state index is 0. The van der Waals surface area contributed by atoms with Crippen molar-refractivity contribution in [2.45, 2.75) is 38.7 Å². The van der Waals surface area contributed by atoms with Gasteiger partial charge in [-0.15, -0.1) is 0 Å². The molecule has 0 unspecified atom stereocenters. The maximum atomic E-state index is 12.5. The summed E-state index contributed by atoms with van der Waals surface area (Å²) in [6, 6.07) is 21.1. The molecule has 1 heterocycles. The van der Waals surface area contributed by atoms with E-state index in [0.29, 0.717) is 34.8 Å². The van der Waals surface area contributed by atoms with Crippen molar-refractivity contribution in [2.24, 2.45) is 0 Å². The Hall–Kier alpha value is -2.68. The zero-order valence-corrected chi connectivity index (χ0v) is 24.9. The van der Waals surface area contributed by atoms with E-state index in [0.717, 1.165) is 32.7 Å². The van der Waals surface area contributed by atoms with Gasteiger partial charge in [-0.25, -0.2) is 4.79 Å². The van der Waals surface area contributed by atoms with Gasteiger partial charge in [0.1, 0.15) is 6.61 Å². The third kappa shape index (κ3) is 5.67. The van der Waals surface area contributed by atoms with Crippen molar-refractivity contribution in [3.63, 3.8) is 0 Å². The Bertz CT molecular complexity index is 1500. The monoisotopic (exact) mass is 554 g/mol. The molecule has 1 N–H and O–H groups in total. The summed E-state index contributed by atoms with van der Waals surface area (Å²) in [6.07, 6.45) is 0.560. The van der Waals surface area contributed by atoms with E-state index < -0.39 is 17.5 Å². The summed E-state index contributed by atoms with van der Waals surface area (Å²) in [7, 11) is 0. The number of hydrogen-bond donors (Lipinski definition) is 1. The van der Waals surface area contributed by atoms with E-state index >= 15 is 0 Å². The van der Waals surface area contributed by atoms with Crippen molar-refractivity contribution in [1.82, 2.24) is 4.37 Å². The molecule has 1 saturated carbocycles. The van der Waals surface area contributed by atoms with Crippen LogP contribution in [0, 0.1) is 13.8 Å². The Kier molecular flexibility index (Phi) is 8.65. The first kappa shape index (κ1) is 28.3. The van der Waals surface area contributed by atoms with Crippen LogP contribution in [0.4, 0.5) is 10.5 Å². The number of nitrogens with one attached hydrogen (secondary N) is 1. The number of aliphatic carboxylic acids is 1. The Morgan fingerprint density at radius 2 is 1.68 bits per heavy atom. The Morgan fingerprint density at radius 3 is 2.32 bits per heavy atom. The number of hydrogen-bond acceptors (Lipinski definition) is 6. The van der Waals surface area contributed by atoms with E-state index in [2.05, 4.69) is 9.69 Å². The summed E-state index contributed by atoms with van der Waals surface area (Å²) >= 11 is 7.77. The zero-order chi connectivity index (χ0) is 26.2. The van der Waals surface area contributed by atoms with Crippen LogP contribution in [0.3, 0.4) is 0 Å². The number of nitrogens with zero attached hydrogens (tertiary/aromatic N) is 1. The number of rotatable bonds is 7. The van der Waals surface area contributed by atoms with Crippen molar-refractivity contribution in [3.05, 3.63) is 94.1 Å². The second-order valence-corrected chi connectivity index (χ2v) is 10.4. The molecular weight excluding hydrogens is 531 g/mol. The minimum atomic E-state index is -1.07. The molecule has 38 heavy (non-hydrogen) atoms. The third-order valence-electron chi connectivity index (χ3n) is 6.82. The Morgan fingerprint density at radius 1 is 1.03 bits per heavy atom. The number of halogens is 1. The fraction of sp³-hybridized carbons (Fsp3) is 0.207. The van der Waals surface area contributed by atoms with Crippen LogP contribution in [-0.4, -0.2) is 16.4 Å². The summed E-state index contributed by atoms with van der Waals surface area (Å²) in [4.78, 5) is 24.9. The van der Waals surface area contributed by atoms with Crippen LogP contribution in [0.2, 0.25) is 5.02 Å². The van der Waals surface area contributed by atoms with Gasteiger partial charge >= 0.3 is 35.7 Å². The van der Waals surface area contributed by atoms with E-state index in [1.54, 1.807) is 12.1 Å². The zero-order valence-electron chi connectivity index (χ0n) is 21.3. The molecule has 0 aliphatic heterocycles. The molecule has 0 bridgehead atoms. The summed E-state index contributed by atoms with van der Waals surface area (Å²) < 4.78 is 9.87. The molecule has 4 aromatic rings. The van der Waals surface area contributed by atoms with Gasteiger partial charge in [-0.05, 0) is 77.7 Å². The molecule has 1 fully saturated rings. The van der Waals surface area contributed by atoms with Crippen LogP contribution in [0.1, 0.15) is 35.2 Å². The molecular formula is C29H24ClN2NaO4S. The van der Waals surface area contributed by atoms with E-state index in [1.165, 1.54) is 11.5 Å². The molecule has 0 radical (unpaired) electrons. The molecule has 0 saturated heterocycles. The SMILES string of the molecule is Cc1ccccc1COC(=O)Nc1c(C)nsc1-c1ccc(-c2ccc(C3(C(=O)[O-])CC3)c(Cl)c2)cc1.[Na+]. The number of aryl methyl sites for hydroxylation is 2. The molecule has 0 spiro atoms. The predicted molar refractivity (Wildman–Crippen MR) is 144 cm³/mol. The van der Waals surface area contributed by atoms with Gasteiger partial charge in [0.2, 0.25) is 0 Å². The van der Waals surface area contributed by atoms with Crippen LogP contribution in [0.15, 0.2) is 66.7 Å². The molecule has 0 atom stereocenters. The van der Waals surface area contributed by atoms with E-state index in [1.807, 2.05) is 68.4 Å². The van der Waals surface area contributed by atoms with Crippen molar-refractivity contribution in [1.29, 1.82) is 0 Å². The first-order chi connectivity index (χ1) is 17.8. The van der Waals surface area contributed by atoms with E-state index in [-0.39, 0.29) is 36.2 Å². The van der Waals surface area contributed by atoms with Gasteiger partial charge in [-0.3, -0.25) is 5.32 Å². The number of benzene rings is 3. The molecule has 188 valence electrons. The van der Waals surface area contributed by atoms with Crippen LogP contribution in [0.5, 0.6) is 0 Å². The number of aromatic nitrogens is 1. The number of ether oxygens (including phenoxy) is 1. The molecule has 1 aliphatic rings. The second-order valence-electron chi connectivity index (χ2n) is 9.24. The van der Waals surface area contributed by atoms with Crippen molar-refractivity contribution >= 4 is 40.9 Å². The van der Waals surface area contributed by atoms with Crippen molar-refractivity contribution < 1.29 is 49.0 Å². The molecule has 1 aliphatic carbocycles. The third-order valence-corrected chi connectivity index (χ3v) is 8.12.